The third-order valence-corrected chi connectivity index (χ3v) is 9.26. The zero-order valence-corrected chi connectivity index (χ0v) is 35.0. The topological polar surface area (TPSA) is 192 Å². The first kappa shape index (κ1) is 52.9. The number of carbonyl (C=O) groups is 3. The minimum absolute atomic E-state index is 0.0472. The SMILES string of the molecule is CC/C=C\C/C=C\C/C=C\C/C=C\C=C/C(O)C/C=C\CCC(=O)O[C@H](COC(=O)CCCCCCCCCCCCCC)COP(=O)(O)OC[C@H](N)C(=O)O. The van der Waals surface area contributed by atoms with Crippen molar-refractivity contribution >= 4 is 25.7 Å². The van der Waals surface area contributed by atoms with Gasteiger partial charge >= 0.3 is 25.7 Å². The lowest BCUT2D eigenvalue weighted by Crippen LogP contribution is -2.34. The van der Waals surface area contributed by atoms with Crippen LogP contribution in [-0.4, -0.2) is 71.1 Å². The molecule has 0 amide bonds. The molecule has 2 unspecified atom stereocenters. The van der Waals surface area contributed by atoms with Crippen molar-refractivity contribution in [2.75, 3.05) is 19.8 Å². The first-order chi connectivity index (χ1) is 27.0. The van der Waals surface area contributed by atoms with Crippen molar-refractivity contribution in [2.24, 2.45) is 5.73 Å². The van der Waals surface area contributed by atoms with Crippen LogP contribution < -0.4 is 5.73 Å². The van der Waals surface area contributed by atoms with Crippen molar-refractivity contribution in [1.82, 2.24) is 0 Å². The Kier molecular flexibility index (Phi) is 35.4. The number of rotatable bonds is 37. The van der Waals surface area contributed by atoms with E-state index in [9.17, 15) is 28.9 Å². The molecule has 0 rings (SSSR count). The monoisotopic (exact) mass is 809 g/mol. The van der Waals surface area contributed by atoms with Crippen LogP contribution in [0, 0.1) is 0 Å². The van der Waals surface area contributed by atoms with Gasteiger partial charge in [-0.3, -0.25) is 23.4 Å². The lowest BCUT2D eigenvalue weighted by Gasteiger charge is -2.20. The van der Waals surface area contributed by atoms with E-state index < -0.39 is 63.8 Å². The van der Waals surface area contributed by atoms with Gasteiger partial charge in [-0.05, 0) is 44.9 Å². The van der Waals surface area contributed by atoms with Gasteiger partial charge in [0.2, 0.25) is 0 Å². The number of aliphatic hydroxyl groups excluding tert-OH is 1. The average molecular weight is 810 g/mol. The molecule has 0 saturated heterocycles. The number of phosphoric acid groups is 1. The number of hydrogen-bond donors (Lipinski definition) is 4. The molecule has 13 heteroatoms. The van der Waals surface area contributed by atoms with Gasteiger partial charge in [-0.1, -0.05) is 157 Å². The van der Waals surface area contributed by atoms with E-state index in [0.29, 0.717) is 19.3 Å². The molecule has 320 valence electrons. The van der Waals surface area contributed by atoms with Gasteiger partial charge in [0.25, 0.3) is 0 Å². The van der Waals surface area contributed by atoms with E-state index in [2.05, 4.69) is 54.8 Å². The lowest BCUT2D eigenvalue weighted by atomic mass is 10.0. The Morgan fingerprint density at radius 3 is 1.80 bits per heavy atom. The van der Waals surface area contributed by atoms with Crippen molar-refractivity contribution in [3.8, 4) is 0 Å². The van der Waals surface area contributed by atoms with Crippen molar-refractivity contribution in [3.63, 3.8) is 0 Å². The van der Waals surface area contributed by atoms with Gasteiger partial charge in [0.05, 0.1) is 19.3 Å². The van der Waals surface area contributed by atoms with Crippen LogP contribution in [0.3, 0.4) is 0 Å². The summed E-state index contributed by atoms with van der Waals surface area (Å²) in [5, 5.41) is 19.1. The Hall–Kier alpha value is -3.12. The number of ether oxygens (including phenoxy) is 2. The maximum Gasteiger partial charge on any atom is 0.472 e. The molecular weight excluding hydrogens is 737 g/mol. The van der Waals surface area contributed by atoms with Gasteiger partial charge in [0, 0.05) is 12.8 Å². The maximum atomic E-state index is 12.6. The highest BCUT2D eigenvalue weighted by atomic mass is 31.2. The second kappa shape index (κ2) is 37.5. The Labute approximate surface area is 336 Å². The smallest absolute Gasteiger partial charge is 0.472 e. The molecule has 0 heterocycles. The molecule has 0 fully saturated rings. The molecule has 0 aromatic heterocycles. The number of aliphatic hydroxyl groups is 1. The van der Waals surface area contributed by atoms with Crippen molar-refractivity contribution in [3.05, 3.63) is 72.9 Å². The minimum Gasteiger partial charge on any atom is -0.480 e. The number of phosphoric ester groups is 1. The number of carboxylic acids is 1. The van der Waals surface area contributed by atoms with Gasteiger partial charge in [0.15, 0.2) is 6.10 Å². The number of aliphatic carboxylic acids is 1. The van der Waals surface area contributed by atoms with Crippen molar-refractivity contribution < 1.29 is 52.6 Å². The van der Waals surface area contributed by atoms with Crippen LogP contribution in [0.15, 0.2) is 72.9 Å². The Balaban J connectivity index is 4.64. The quantitative estimate of drug-likeness (QED) is 0.0153. The highest BCUT2D eigenvalue weighted by Gasteiger charge is 2.28. The molecule has 0 aromatic rings. The largest absolute Gasteiger partial charge is 0.480 e. The van der Waals surface area contributed by atoms with Crippen LogP contribution in [0.2, 0.25) is 0 Å². The second-order valence-electron chi connectivity index (χ2n) is 13.6. The number of unbranched alkanes of at least 4 members (excludes halogenated alkanes) is 11. The normalized spacial score (nSPS) is 15.1. The lowest BCUT2D eigenvalue weighted by molar-refractivity contribution is -0.161. The van der Waals surface area contributed by atoms with Gasteiger partial charge in [-0.25, -0.2) is 4.57 Å². The van der Waals surface area contributed by atoms with E-state index >= 15 is 0 Å². The first-order valence-electron chi connectivity index (χ1n) is 20.6. The van der Waals surface area contributed by atoms with E-state index in [1.165, 1.54) is 51.4 Å². The molecule has 4 atom stereocenters. The minimum atomic E-state index is -4.76. The van der Waals surface area contributed by atoms with Gasteiger partial charge in [-0.15, -0.1) is 0 Å². The van der Waals surface area contributed by atoms with Crippen LogP contribution in [0.5, 0.6) is 0 Å². The zero-order chi connectivity index (χ0) is 41.5. The predicted molar refractivity (Wildman–Crippen MR) is 223 cm³/mol. The Morgan fingerprint density at radius 2 is 1.21 bits per heavy atom. The number of nitrogens with two attached hydrogens (primary N) is 1. The summed E-state index contributed by atoms with van der Waals surface area (Å²) in [4.78, 5) is 45.8. The molecule has 0 aromatic carbocycles. The van der Waals surface area contributed by atoms with Crippen LogP contribution in [0.25, 0.3) is 0 Å². The highest BCUT2D eigenvalue weighted by Crippen LogP contribution is 2.43. The van der Waals surface area contributed by atoms with E-state index in [4.69, 9.17) is 24.8 Å². The third-order valence-electron chi connectivity index (χ3n) is 8.31. The summed E-state index contributed by atoms with van der Waals surface area (Å²) in [6.45, 7) is 2.48. The molecule has 0 aliphatic carbocycles. The van der Waals surface area contributed by atoms with Crippen LogP contribution in [0.4, 0.5) is 0 Å². The molecule has 56 heavy (non-hydrogen) atoms. The van der Waals surface area contributed by atoms with E-state index in [1.54, 1.807) is 24.3 Å². The average Bonchev–Trinajstić information content (AvgIpc) is 3.17. The fourth-order valence-corrected chi connectivity index (χ4v) is 5.83. The van der Waals surface area contributed by atoms with E-state index in [1.807, 2.05) is 12.2 Å². The molecule has 0 saturated carbocycles. The summed E-state index contributed by atoms with van der Waals surface area (Å²) in [5.41, 5.74) is 5.31. The summed E-state index contributed by atoms with van der Waals surface area (Å²) in [6, 6.07) is -1.55. The van der Waals surface area contributed by atoms with Gasteiger partial charge < -0.3 is 30.3 Å². The highest BCUT2D eigenvalue weighted by molar-refractivity contribution is 7.47. The molecule has 5 N–H and O–H groups in total. The predicted octanol–water partition coefficient (Wildman–Crippen LogP) is 9.53. The van der Waals surface area contributed by atoms with Crippen LogP contribution in [-0.2, 0) is 37.5 Å². The van der Waals surface area contributed by atoms with Gasteiger partial charge in [0.1, 0.15) is 12.6 Å². The number of carboxylic acid groups (broad SMARTS) is 1. The number of carbonyl (C=O) groups excluding carboxylic acids is 2. The maximum absolute atomic E-state index is 12.6. The number of esters is 2. The Morgan fingerprint density at radius 1 is 0.661 bits per heavy atom. The molecule has 12 nitrogen and oxygen atoms in total. The van der Waals surface area contributed by atoms with E-state index in [0.717, 1.165) is 44.9 Å². The fraction of sp³-hybridized carbons (Fsp3) is 0.651. The molecule has 0 spiro atoms. The summed E-state index contributed by atoms with van der Waals surface area (Å²) >= 11 is 0. The second-order valence-corrected chi connectivity index (χ2v) is 15.0. The van der Waals surface area contributed by atoms with Crippen LogP contribution in [0.1, 0.15) is 142 Å². The molecule has 0 radical (unpaired) electrons. The summed E-state index contributed by atoms with van der Waals surface area (Å²) in [7, 11) is -4.76. The molecule has 0 bridgehead atoms. The van der Waals surface area contributed by atoms with E-state index in [-0.39, 0.29) is 12.8 Å². The standard InChI is InChI=1S/C43H72NO11P/c1-3-5-7-9-11-13-15-17-18-20-22-24-27-31-38(45)32-28-26-30-34-42(47)55-39(36-53-56(50,51)54-37-40(44)43(48)49)35-52-41(46)33-29-25-23-21-19-16-14-12-10-8-6-4-2/h5,7,11,13,17-18,22,24,26-28,31,38-40,45H,3-4,6,8-10,12,14-16,19-21,23,25,29-30,32-37,44H2,1-2H3,(H,48,49)(H,50,51)/b7-5-,13-11-,18-17-,24-22-,28-26-,31-27-/t38?,39-,40+/m1/s1. The van der Waals surface area contributed by atoms with Crippen molar-refractivity contribution in [1.29, 1.82) is 0 Å². The zero-order valence-electron chi connectivity index (χ0n) is 34.1. The third kappa shape index (κ3) is 36.5. The summed E-state index contributed by atoms with van der Waals surface area (Å²) in [6.07, 6.45) is 40.1. The fourth-order valence-electron chi connectivity index (χ4n) is 5.06. The number of allylic oxidation sites excluding steroid dienone is 10. The Bertz CT molecular complexity index is 1240. The molecule has 0 aliphatic rings. The van der Waals surface area contributed by atoms with Crippen LogP contribution >= 0.6 is 7.82 Å². The summed E-state index contributed by atoms with van der Waals surface area (Å²) in [5.74, 6) is -2.59. The van der Waals surface area contributed by atoms with Gasteiger partial charge in [-0.2, -0.15) is 0 Å². The first-order valence-corrected chi connectivity index (χ1v) is 22.1. The molecule has 0 aliphatic heterocycles. The summed E-state index contributed by atoms with van der Waals surface area (Å²) < 4.78 is 32.5. The molecular formula is C43H72NO11P. The number of hydrogen-bond acceptors (Lipinski definition) is 10. The van der Waals surface area contributed by atoms with Crippen molar-refractivity contribution in [2.45, 2.75) is 161 Å².